The highest BCUT2D eigenvalue weighted by atomic mass is 79.9. The van der Waals surface area contributed by atoms with E-state index < -0.39 is 12.0 Å². The number of aliphatic carboxylic acids is 1. The number of carbonyl (C=O) groups is 1. The lowest BCUT2D eigenvalue weighted by Gasteiger charge is -2.04. The van der Waals surface area contributed by atoms with Crippen molar-refractivity contribution in [1.82, 2.24) is 9.78 Å². The van der Waals surface area contributed by atoms with E-state index in [2.05, 4.69) is 21.0 Å². The van der Waals surface area contributed by atoms with Gasteiger partial charge in [0.15, 0.2) is 0 Å². The Bertz CT molecular complexity index is 360. The number of carboxylic acids is 1. The smallest absolute Gasteiger partial charge is 0.328 e. The molecule has 0 fully saturated rings. The second-order valence-corrected chi connectivity index (χ2v) is 3.94. The maximum absolute atomic E-state index is 10.7. The van der Waals surface area contributed by atoms with E-state index in [1.807, 2.05) is 12.2 Å². The summed E-state index contributed by atoms with van der Waals surface area (Å²) >= 11 is 3.32. The monoisotopic (exact) mass is 272 g/mol. The van der Waals surface area contributed by atoms with E-state index in [1.165, 1.54) is 4.68 Å². The third-order valence-corrected chi connectivity index (χ3v) is 2.42. The number of hydrogen-bond donors (Lipinski definition) is 1. The number of allylic oxidation sites excluding steroid dienone is 1. The number of hydrogen-bond acceptors (Lipinski definition) is 2. The Labute approximate surface area is 96.7 Å². The van der Waals surface area contributed by atoms with Crippen molar-refractivity contribution in [3.63, 3.8) is 0 Å². The Morgan fingerprint density at radius 2 is 2.53 bits per heavy atom. The molecule has 4 nitrogen and oxygen atoms in total. The van der Waals surface area contributed by atoms with E-state index in [0.717, 1.165) is 17.3 Å². The predicted octanol–water partition coefficient (Wildman–Crippen LogP) is 2.33. The van der Waals surface area contributed by atoms with E-state index in [4.69, 9.17) is 5.11 Å². The first kappa shape index (κ1) is 12.0. The fourth-order valence-corrected chi connectivity index (χ4v) is 1.31. The van der Waals surface area contributed by atoms with Gasteiger partial charge in [-0.2, -0.15) is 5.10 Å². The van der Waals surface area contributed by atoms with Crippen LogP contribution in [-0.2, 0) is 4.79 Å². The molecule has 0 unspecified atom stereocenters. The van der Waals surface area contributed by atoms with Gasteiger partial charge in [0.25, 0.3) is 0 Å². The third-order valence-electron chi connectivity index (χ3n) is 1.96. The molecule has 0 aromatic carbocycles. The van der Waals surface area contributed by atoms with Crippen molar-refractivity contribution in [1.29, 1.82) is 0 Å². The highest BCUT2D eigenvalue weighted by Gasteiger charge is 2.13. The van der Waals surface area contributed by atoms with Gasteiger partial charge in [-0.05, 0) is 13.3 Å². The molecule has 0 aliphatic heterocycles. The summed E-state index contributed by atoms with van der Waals surface area (Å²) in [5, 5.41) is 13.7. The lowest BCUT2D eigenvalue weighted by molar-refractivity contribution is -0.140. The summed E-state index contributed by atoms with van der Waals surface area (Å²) in [4.78, 5) is 10.7. The summed E-state index contributed by atoms with van der Waals surface area (Å²) in [6, 6.07) is -0.622. The third kappa shape index (κ3) is 3.51. The van der Waals surface area contributed by atoms with Crippen LogP contribution in [0.15, 0.2) is 18.5 Å². The van der Waals surface area contributed by atoms with Crippen molar-refractivity contribution in [2.24, 2.45) is 0 Å². The molecule has 1 rings (SSSR count). The molecule has 0 saturated heterocycles. The molecular formula is C10H13BrN2O2. The standard InChI is InChI=1S/C10H13BrN2O2/c1-8(10(14)15)13-7-9(6-12-13)4-2-3-5-11/h2,4,6-8H,3,5H2,1H3,(H,14,15)/t8-/m0/s1. The van der Waals surface area contributed by atoms with Gasteiger partial charge in [-0.15, -0.1) is 0 Å². The molecule has 1 aromatic rings. The maximum Gasteiger partial charge on any atom is 0.328 e. The first-order valence-corrected chi connectivity index (χ1v) is 5.76. The van der Waals surface area contributed by atoms with Crippen molar-refractivity contribution < 1.29 is 9.90 Å². The largest absolute Gasteiger partial charge is 0.480 e. The second kappa shape index (κ2) is 5.70. The fourth-order valence-electron chi connectivity index (χ4n) is 1.05. The van der Waals surface area contributed by atoms with Gasteiger partial charge in [-0.1, -0.05) is 28.1 Å². The summed E-state index contributed by atoms with van der Waals surface area (Å²) in [6.45, 7) is 1.60. The van der Waals surface area contributed by atoms with Crippen molar-refractivity contribution >= 4 is 28.0 Å². The Kier molecular flexibility index (Phi) is 4.55. The Balaban J connectivity index is 2.67. The molecule has 0 spiro atoms. The van der Waals surface area contributed by atoms with E-state index in [-0.39, 0.29) is 0 Å². The summed E-state index contributed by atoms with van der Waals surface area (Å²) in [7, 11) is 0. The van der Waals surface area contributed by atoms with Gasteiger partial charge in [0.2, 0.25) is 0 Å². The van der Waals surface area contributed by atoms with Crippen LogP contribution in [-0.4, -0.2) is 26.2 Å². The van der Waals surface area contributed by atoms with Gasteiger partial charge in [-0.25, -0.2) is 4.79 Å². The van der Waals surface area contributed by atoms with Crippen LogP contribution in [0.5, 0.6) is 0 Å². The molecule has 0 amide bonds. The number of nitrogens with zero attached hydrogens (tertiary/aromatic N) is 2. The minimum absolute atomic E-state index is 0.622. The molecule has 0 saturated carbocycles. The average Bonchev–Trinajstić information content (AvgIpc) is 2.65. The van der Waals surface area contributed by atoms with Crippen molar-refractivity contribution in [3.05, 3.63) is 24.0 Å². The van der Waals surface area contributed by atoms with Crippen molar-refractivity contribution in [2.45, 2.75) is 19.4 Å². The molecule has 82 valence electrons. The van der Waals surface area contributed by atoms with E-state index >= 15 is 0 Å². The van der Waals surface area contributed by atoms with Crippen LogP contribution < -0.4 is 0 Å². The van der Waals surface area contributed by atoms with Crippen LogP contribution in [0, 0.1) is 0 Å². The molecule has 1 aromatic heterocycles. The summed E-state index contributed by atoms with van der Waals surface area (Å²) in [5.41, 5.74) is 0.920. The Morgan fingerprint density at radius 3 is 3.13 bits per heavy atom. The van der Waals surface area contributed by atoms with E-state index in [1.54, 1.807) is 19.3 Å². The minimum Gasteiger partial charge on any atom is -0.480 e. The zero-order valence-electron chi connectivity index (χ0n) is 8.43. The minimum atomic E-state index is -0.880. The average molecular weight is 273 g/mol. The van der Waals surface area contributed by atoms with Gasteiger partial charge in [0.1, 0.15) is 6.04 Å². The highest BCUT2D eigenvalue weighted by Crippen LogP contribution is 2.08. The molecule has 0 radical (unpaired) electrons. The Hall–Kier alpha value is -1.10. The van der Waals surface area contributed by atoms with Crippen LogP contribution in [0.4, 0.5) is 0 Å². The number of carboxylic acid groups (broad SMARTS) is 1. The zero-order chi connectivity index (χ0) is 11.3. The predicted molar refractivity (Wildman–Crippen MR) is 62.0 cm³/mol. The van der Waals surface area contributed by atoms with Crippen LogP contribution in [0.1, 0.15) is 24.9 Å². The molecule has 1 N–H and O–H groups in total. The summed E-state index contributed by atoms with van der Waals surface area (Å²) in [5.74, 6) is -0.880. The lowest BCUT2D eigenvalue weighted by Crippen LogP contribution is -2.15. The van der Waals surface area contributed by atoms with Crippen LogP contribution in [0.2, 0.25) is 0 Å². The normalized spacial score (nSPS) is 13.2. The van der Waals surface area contributed by atoms with Crippen molar-refractivity contribution in [2.75, 3.05) is 5.33 Å². The van der Waals surface area contributed by atoms with Gasteiger partial charge >= 0.3 is 5.97 Å². The van der Waals surface area contributed by atoms with Crippen molar-refractivity contribution in [3.8, 4) is 0 Å². The molecule has 15 heavy (non-hydrogen) atoms. The fraction of sp³-hybridized carbons (Fsp3) is 0.400. The zero-order valence-corrected chi connectivity index (χ0v) is 10.0. The lowest BCUT2D eigenvalue weighted by atomic mass is 10.3. The second-order valence-electron chi connectivity index (χ2n) is 3.15. The molecule has 0 aliphatic rings. The van der Waals surface area contributed by atoms with Gasteiger partial charge < -0.3 is 5.11 Å². The number of halogens is 1. The first-order valence-electron chi connectivity index (χ1n) is 4.64. The maximum atomic E-state index is 10.7. The van der Waals surface area contributed by atoms with E-state index in [0.29, 0.717) is 0 Å². The topological polar surface area (TPSA) is 55.1 Å². The van der Waals surface area contributed by atoms with Crippen LogP contribution in [0.25, 0.3) is 6.08 Å². The molecule has 5 heteroatoms. The van der Waals surface area contributed by atoms with Gasteiger partial charge in [0, 0.05) is 17.1 Å². The quantitative estimate of drug-likeness (QED) is 0.838. The van der Waals surface area contributed by atoms with Gasteiger partial charge in [0.05, 0.1) is 6.20 Å². The molecule has 1 atom stereocenters. The summed E-state index contributed by atoms with van der Waals surface area (Å²) in [6.07, 6.45) is 8.27. The number of alkyl halides is 1. The number of aromatic nitrogens is 2. The molecule has 1 heterocycles. The number of rotatable bonds is 5. The molecule has 0 aliphatic carbocycles. The Morgan fingerprint density at radius 1 is 1.80 bits per heavy atom. The van der Waals surface area contributed by atoms with Crippen LogP contribution in [0.3, 0.4) is 0 Å². The summed E-state index contributed by atoms with van der Waals surface area (Å²) < 4.78 is 1.44. The molecular weight excluding hydrogens is 260 g/mol. The van der Waals surface area contributed by atoms with Gasteiger partial charge in [-0.3, -0.25) is 4.68 Å². The highest BCUT2D eigenvalue weighted by molar-refractivity contribution is 9.09. The molecule has 0 bridgehead atoms. The van der Waals surface area contributed by atoms with E-state index in [9.17, 15) is 4.79 Å². The van der Waals surface area contributed by atoms with Crippen LogP contribution >= 0.6 is 15.9 Å². The SMILES string of the molecule is C[C@@H](C(=O)O)n1cc(C=CCCBr)cn1. The first-order chi connectivity index (χ1) is 7.15.